The Kier molecular flexibility index (Phi) is 5.19. The van der Waals surface area contributed by atoms with Crippen LogP contribution in [0, 0.1) is 5.82 Å². The highest BCUT2D eigenvalue weighted by Gasteiger charge is 2.24. The number of likely N-dealkylation sites (N-methyl/N-ethyl adjacent to an activating group) is 1. The Hall–Kier alpha value is -2.31. The van der Waals surface area contributed by atoms with Crippen LogP contribution in [-0.2, 0) is 4.79 Å². The number of hydrogen-bond acceptors (Lipinski definition) is 4. The number of amides is 1. The molecule has 2 rings (SSSR count). The molecule has 0 saturated carbocycles. The molecule has 0 aliphatic rings. The van der Waals surface area contributed by atoms with E-state index in [0.29, 0.717) is 18.8 Å². The zero-order chi connectivity index (χ0) is 16.1. The first kappa shape index (κ1) is 16.1. The summed E-state index contributed by atoms with van der Waals surface area (Å²) in [5.41, 5.74) is 0.827. The molecule has 22 heavy (non-hydrogen) atoms. The molecular weight excluding hydrogens is 285 g/mol. The monoisotopic (exact) mass is 305 g/mol. The third-order valence-corrected chi connectivity index (χ3v) is 3.71. The van der Waals surface area contributed by atoms with Crippen LogP contribution >= 0.6 is 0 Å². The van der Waals surface area contributed by atoms with Crippen LogP contribution in [0.25, 0.3) is 0 Å². The third-order valence-electron chi connectivity index (χ3n) is 3.71. The molecule has 0 aliphatic carbocycles. The topological polar surface area (TPSA) is 74.8 Å². The van der Waals surface area contributed by atoms with E-state index in [9.17, 15) is 9.18 Å². The lowest BCUT2D eigenvalue weighted by molar-refractivity contribution is -0.131. The number of aromatic nitrogens is 4. The highest BCUT2D eigenvalue weighted by atomic mass is 19.1. The second-order valence-electron chi connectivity index (χ2n) is 5.40. The molecule has 0 aliphatic heterocycles. The minimum atomic E-state index is -0.301. The molecule has 1 heterocycles. The van der Waals surface area contributed by atoms with Crippen molar-refractivity contribution in [2.24, 2.45) is 0 Å². The van der Waals surface area contributed by atoms with Crippen LogP contribution in [0.15, 0.2) is 24.3 Å². The largest absolute Gasteiger partial charge is 0.345 e. The van der Waals surface area contributed by atoms with Gasteiger partial charge in [-0.2, -0.15) is 5.21 Å². The van der Waals surface area contributed by atoms with E-state index in [1.54, 1.807) is 24.1 Å². The van der Waals surface area contributed by atoms with Crippen LogP contribution in [0.4, 0.5) is 4.39 Å². The van der Waals surface area contributed by atoms with Gasteiger partial charge in [0.05, 0.1) is 5.92 Å². The molecule has 0 spiro atoms. The fourth-order valence-corrected chi connectivity index (χ4v) is 2.47. The van der Waals surface area contributed by atoms with Crippen LogP contribution in [0.5, 0.6) is 0 Å². The summed E-state index contributed by atoms with van der Waals surface area (Å²) in [4.78, 5) is 14.3. The Labute approximate surface area is 128 Å². The van der Waals surface area contributed by atoms with Gasteiger partial charge >= 0.3 is 0 Å². The first-order valence-corrected chi connectivity index (χ1v) is 7.26. The number of rotatable bonds is 6. The molecule has 1 N–H and O–H groups in total. The van der Waals surface area contributed by atoms with Gasteiger partial charge in [0.1, 0.15) is 5.82 Å². The molecule has 0 unspecified atom stereocenters. The van der Waals surface area contributed by atoms with Crippen molar-refractivity contribution in [3.63, 3.8) is 0 Å². The van der Waals surface area contributed by atoms with E-state index >= 15 is 0 Å². The Bertz CT molecular complexity index is 599. The quantitative estimate of drug-likeness (QED) is 0.887. The Morgan fingerprint density at radius 3 is 2.59 bits per heavy atom. The van der Waals surface area contributed by atoms with Crippen LogP contribution in [-0.4, -0.2) is 45.0 Å². The molecule has 7 heteroatoms. The van der Waals surface area contributed by atoms with Gasteiger partial charge in [0.15, 0.2) is 5.82 Å². The summed E-state index contributed by atoms with van der Waals surface area (Å²) >= 11 is 0. The highest BCUT2D eigenvalue weighted by Crippen LogP contribution is 2.23. The normalized spacial score (nSPS) is 13.6. The summed E-state index contributed by atoms with van der Waals surface area (Å²) in [6, 6.07) is 6.09. The molecule has 0 radical (unpaired) electrons. The van der Waals surface area contributed by atoms with Crippen molar-refractivity contribution in [3.8, 4) is 0 Å². The molecule has 2 atom stereocenters. The van der Waals surface area contributed by atoms with Crippen molar-refractivity contribution < 1.29 is 9.18 Å². The molecule has 1 aromatic carbocycles. The maximum Gasteiger partial charge on any atom is 0.229 e. The smallest absolute Gasteiger partial charge is 0.229 e. The maximum atomic E-state index is 13.0. The van der Waals surface area contributed by atoms with Crippen LogP contribution in [0.3, 0.4) is 0 Å². The Balaban J connectivity index is 2.05. The average Bonchev–Trinajstić information content (AvgIpc) is 3.04. The Morgan fingerprint density at radius 1 is 1.36 bits per heavy atom. The van der Waals surface area contributed by atoms with Crippen molar-refractivity contribution in [2.75, 3.05) is 13.6 Å². The van der Waals surface area contributed by atoms with E-state index in [0.717, 1.165) is 5.56 Å². The number of aromatic amines is 1. The number of nitrogens with zero attached hydrogens (tertiary/aromatic N) is 4. The molecule has 1 aromatic heterocycles. The predicted octanol–water partition coefficient (Wildman–Crippen LogP) is 2.09. The summed E-state index contributed by atoms with van der Waals surface area (Å²) in [6.45, 7) is 4.38. The van der Waals surface area contributed by atoms with E-state index in [1.165, 1.54) is 12.1 Å². The molecule has 0 saturated heterocycles. The second kappa shape index (κ2) is 7.11. The van der Waals surface area contributed by atoms with Crippen LogP contribution in [0.2, 0.25) is 0 Å². The molecule has 0 fully saturated rings. The van der Waals surface area contributed by atoms with Gasteiger partial charge in [0, 0.05) is 19.5 Å². The van der Waals surface area contributed by atoms with E-state index in [2.05, 4.69) is 20.6 Å². The zero-order valence-corrected chi connectivity index (χ0v) is 13.0. The number of tetrazole rings is 1. The molecule has 2 aromatic rings. The minimum Gasteiger partial charge on any atom is -0.345 e. The van der Waals surface area contributed by atoms with Crippen molar-refractivity contribution in [3.05, 3.63) is 41.5 Å². The van der Waals surface area contributed by atoms with Crippen molar-refractivity contribution in [1.82, 2.24) is 25.5 Å². The number of carbonyl (C=O) groups excluding carboxylic acids is 1. The molecule has 1 amide bonds. The number of benzene rings is 1. The first-order chi connectivity index (χ1) is 10.5. The summed E-state index contributed by atoms with van der Waals surface area (Å²) in [6.07, 6.45) is 0.658. The van der Waals surface area contributed by atoms with Gasteiger partial charge in [-0.15, -0.1) is 10.2 Å². The second-order valence-corrected chi connectivity index (χ2v) is 5.40. The van der Waals surface area contributed by atoms with E-state index in [1.807, 2.05) is 13.8 Å². The van der Waals surface area contributed by atoms with Gasteiger partial charge in [0.25, 0.3) is 0 Å². The third kappa shape index (κ3) is 3.66. The highest BCUT2D eigenvalue weighted by molar-refractivity contribution is 5.83. The fourth-order valence-electron chi connectivity index (χ4n) is 2.47. The number of halogens is 1. The van der Waals surface area contributed by atoms with Gasteiger partial charge < -0.3 is 4.90 Å². The summed E-state index contributed by atoms with van der Waals surface area (Å²) in [5, 5.41) is 13.8. The molecular formula is C15H20FN5O. The maximum absolute atomic E-state index is 13.0. The lowest BCUT2D eigenvalue weighted by Gasteiger charge is -2.25. The lowest BCUT2D eigenvalue weighted by atomic mass is 9.94. The van der Waals surface area contributed by atoms with Gasteiger partial charge in [-0.3, -0.25) is 4.79 Å². The summed E-state index contributed by atoms with van der Waals surface area (Å²) < 4.78 is 13.0. The fraction of sp³-hybridized carbons (Fsp3) is 0.467. The van der Waals surface area contributed by atoms with E-state index in [-0.39, 0.29) is 23.6 Å². The SMILES string of the molecule is CC[C@@H](C(=O)N(C)C[C@H](C)c1nn[nH]n1)c1ccc(F)cc1. The first-order valence-electron chi connectivity index (χ1n) is 7.26. The van der Waals surface area contributed by atoms with Gasteiger partial charge in [0.2, 0.25) is 5.91 Å². The number of hydrogen-bond donors (Lipinski definition) is 1. The zero-order valence-electron chi connectivity index (χ0n) is 13.0. The van der Waals surface area contributed by atoms with E-state index < -0.39 is 0 Å². The predicted molar refractivity (Wildman–Crippen MR) is 79.7 cm³/mol. The minimum absolute atomic E-state index is 0.00412. The number of carbonyl (C=O) groups is 1. The van der Waals surface area contributed by atoms with Gasteiger partial charge in [-0.1, -0.05) is 31.2 Å². The molecule has 118 valence electrons. The summed E-state index contributed by atoms with van der Waals surface area (Å²) in [7, 11) is 1.76. The number of H-pyrrole nitrogens is 1. The van der Waals surface area contributed by atoms with Gasteiger partial charge in [-0.05, 0) is 24.1 Å². The number of nitrogens with one attached hydrogen (secondary N) is 1. The molecule has 0 bridgehead atoms. The lowest BCUT2D eigenvalue weighted by Crippen LogP contribution is -2.34. The van der Waals surface area contributed by atoms with E-state index in [4.69, 9.17) is 0 Å². The summed E-state index contributed by atoms with van der Waals surface area (Å²) in [5.74, 6) is -0.00874. The van der Waals surface area contributed by atoms with Crippen LogP contribution in [0.1, 0.15) is 43.5 Å². The average molecular weight is 305 g/mol. The Morgan fingerprint density at radius 2 is 2.05 bits per heavy atom. The standard InChI is InChI=1S/C15H20FN5O/c1-4-13(11-5-7-12(16)8-6-11)15(22)21(3)9-10(2)14-17-19-20-18-14/h5-8,10,13H,4,9H2,1-3H3,(H,17,18,19,20)/t10-,13+/m0/s1. The molecule has 6 nitrogen and oxygen atoms in total. The van der Waals surface area contributed by atoms with Crippen LogP contribution < -0.4 is 0 Å². The van der Waals surface area contributed by atoms with Crippen molar-refractivity contribution in [2.45, 2.75) is 32.1 Å². The van der Waals surface area contributed by atoms with Crippen molar-refractivity contribution in [1.29, 1.82) is 0 Å². The van der Waals surface area contributed by atoms with Gasteiger partial charge in [-0.25, -0.2) is 4.39 Å². The van der Waals surface area contributed by atoms with Crippen molar-refractivity contribution >= 4 is 5.91 Å².